The first-order chi connectivity index (χ1) is 9.74. The van der Waals surface area contributed by atoms with E-state index in [0.717, 1.165) is 17.3 Å². The molecule has 0 spiro atoms. The van der Waals surface area contributed by atoms with Crippen molar-refractivity contribution in [1.29, 1.82) is 0 Å². The van der Waals surface area contributed by atoms with E-state index in [0.29, 0.717) is 13.0 Å². The second-order valence-electron chi connectivity index (χ2n) is 5.02. The van der Waals surface area contributed by atoms with Crippen LogP contribution in [0.2, 0.25) is 0 Å². The molecule has 2 amide bonds. The van der Waals surface area contributed by atoms with E-state index in [1.807, 2.05) is 30.3 Å². The number of hydrogen-bond donors (Lipinski definition) is 2. The third-order valence-electron chi connectivity index (χ3n) is 3.57. The normalized spacial score (nSPS) is 26.0. The number of rotatable bonds is 3. The Morgan fingerprint density at radius 1 is 1.35 bits per heavy atom. The van der Waals surface area contributed by atoms with E-state index < -0.39 is 0 Å². The number of carbonyl (C=O) groups is 2. The minimum atomic E-state index is -0.124. The first kappa shape index (κ1) is 13.5. The van der Waals surface area contributed by atoms with E-state index in [9.17, 15) is 9.59 Å². The van der Waals surface area contributed by atoms with Crippen LogP contribution in [0.25, 0.3) is 0 Å². The molecule has 0 radical (unpaired) electrons. The Hall–Kier alpha value is -1.53. The quantitative estimate of drug-likeness (QED) is 0.855. The first-order valence-corrected chi connectivity index (χ1v) is 7.86. The number of nitrogens with one attached hydrogen (secondary N) is 2. The van der Waals surface area contributed by atoms with Crippen LogP contribution < -0.4 is 15.5 Å². The van der Waals surface area contributed by atoms with Gasteiger partial charge in [0, 0.05) is 30.3 Å². The van der Waals surface area contributed by atoms with Gasteiger partial charge in [-0.05, 0) is 12.1 Å². The van der Waals surface area contributed by atoms with Gasteiger partial charge in [0.2, 0.25) is 11.8 Å². The highest BCUT2D eigenvalue weighted by Gasteiger charge is 2.33. The van der Waals surface area contributed by atoms with Crippen molar-refractivity contribution in [3.8, 4) is 0 Å². The standard InChI is InChI=1S/C14H17N3O2S/c18-13-6-10(16-14(19)12-8-20-9-15-12)7-17(13)11-4-2-1-3-5-11/h1-5,10,12,15H,6-9H2,(H,16,19). The summed E-state index contributed by atoms with van der Waals surface area (Å²) >= 11 is 1.72. The number of carbonyl (C=O) groups excluding carboxylic acids is 2. The Bertz CT molecular complexity index is 502. The van der Waals surface area contributed by atoms with Crippen molar-refractivity contribution >= 4 is 29.3 Å². The van der Waals surface area contributed by atoms with Gasteiger partial charge in [-0.3, -0.25) is 14.9 Å². The van der Waals surface area contributed by atoms with Gasteiger partial charge in [0.15, 0.2) is 0 Å². The zero-order valence-corrected chi connectivity index (χ0v) is 11.9. The minimum absolute atomic E-state index is 0.00251. The van der Waals surface area contributed by atoms with E-state index in [-0.39, 0.29) is 23.9 Å². The fourth-order valence-electron chi connectivity index (χ4n) is 2.53. The molecule has 1 aromatic carbocycles. The Kier molecular flexibility index (Phi) is 3.93. The van der Waals surface area contributed by atoms with Crippen molar-refractivity contribution in [1.82, 2.24) is 10.6 Å². The van der Waals surface area contributed by atoms with Crippen LogP contribution in [0.1, 0.15) is 6.42 Å². The van der Waals surface area contributed by atoms with Gasteiger partial charge in [-0.1, -0.05) is 18.2 Å². The van der Waals surface area contributed by atoms with E-state index in [1.54, 1.807) is 16.7 Å². The Balaban J connectivity index is 1.60. The molecule has 2 N–H and O–H groups in total. The number of hydrogen-bond acceptors (Lipinski definition) is 4. The highest BCUT2D eigenvalue weighted by atomic mass is 32.2. The van der Waals surface area contributed by atoms with Gasteiger partial charge in [-0.15, -0.1) is 11.8 Å². The molecule has 2 unspecified atom stereocenters. The van der Waals surface area contributed by atoms with Gasteiger partial charge in [0.05, 0.1) is 12.1 Å². The van der Waals surface area contributed by atoms with E-state index in [4.69, 9.17) is 0 Å². The molecule has 0 bridgehead atoms. The van der Waals surface area contributed by atoms with Gasteiger partial charge >= 0.3 is 0 Å². The van der Waals surface area contributed by atoms with Gasteiger partial charge < -0.3 is 10.2 Å². The number of para-hydroxylation sites is 1. The molecule has 2 aliphatic rings. The molecule has 5 nitrogen and oxygen atoms in total. The number of anilines is 1. The highest BCUT2D eigenvalue weighted by molar-refractivity contribution is 7.99. The lowest BCUT2D eigenvalue weighted by Crippen LogP contribution is -2.47. The first-order valence-electron chi connectivity index (χ1n) is 6.71. The van der Waals surface area contributed by atoms with Gasteiger partial charge in [-0.25, -0.2) is 0 Å². The maximum absolute atomic E-state index is 12.0. The molecule has 0 aromatic heterocycles. The minimum Gasteiger partial charge on any atom is -0.350 e. The summed E-state index contributed by atoms with van der Waals surface area (Å²) in [6.45, 7) is 0.550. The van der Waals surface area contributed by atoms with Crippen molar-refractivity contribution in [2.24, 2.45) is 0 Å². The van der Waals surface area contributed by atoms with Crippen molar-refractivity contribution < 1.29 is 9.59 Å². The molecule has 0 saturated carbocycles. The lowest BCUT2D eigenvalue weighted by Gasteiger charge is -2.18. The van der Waals surface area contributed by atoms with Crippen LogP contribution in [0.15, 0.2) is 30.3 Å². The van der Waals surface area contributed by atoms with Crippen molar-refractivity contribution in [3.05, 3.63) is 30.3 Å². The van der Waals surface area contributed by atoms with Gasteiger partial charge in [0.1, 0.15) is 0 Å². The van der Waals surface area contributed by atoms with Crippen molar-refractivity contribution in [2.45, 2.75) is 18.5 Å². The van der Waals surface area contributed by atoms with Crippen LogP contribution in [0.5, 0.6) is 0 Å². The number of amides is 2. The largest absolute Gasteiger partial charge is 0.350 e. The van der Waals surface area contributed by atoms with Gasteiger partial charge in [0.25, 0.3) is 0 Å². The number of thioether (sulfide) groups is 1. The smallest absolute Gasteiger partial charge is 0.238 e. The molecule has 6 heteroatoms. The fourth-order valence-corrected chi connectivity index (χ4v) is 3.47. The average molecular weight is 291 g/mol. The zero-order valence-electron chi connectivity index (χ0n) is 11.0. The molecule has 2 saturated heterocycles. The summed E-state index contributed by atoms with van der Waals surface area (Å²) in [5.74, 6) is 1.69. The summed E-state index contributed by atoms with van der Waals surface area (Å²) in [5, 5.41) is 6.11. The number of nitrogens with zero attached hydrogens (tertiary/aromatic N) is 1. The molecule has 1 aromatic rings. The van der Waals surface area contributed by atoms with Crippen molar-refractivity contribution in [3.63, 3.8) is 0 Å². The summed E-state index contributed by atoms with van der Waals surface area (Å²) in [6.07, 6.45) is 0.375. The van der Waals surface area contributed by atoms with E-state index >= 15 is 0 Å². The predicted octanol–water partition coefficient (Wildman–Crippen LogP) is 0.571. The summed E-state index contributed by atoms with van der Waals surface area (Å²) in [4.78, 5) is 25.8. The molecule has 2 aliphatic heterocycles. The number of benzene rings is 1. The second-order valence-corrected chi connectivity index (χ2v) is 6.05. The summed E-state index contributed by atoms with van der Waals surface area (Å²) in [7, 11) is 0. The van der Waals surface area contributed by atoms with Crippen LogP contribution in [-0.4, -0.2) is 42.1 Å². The van der Waals surface area contributed by atoms with Crippen LogP contribution >= 0.6 is 11.8 Å². The summed E-state index contributed by atoms with van der Waals surface area (Å²) in [5.41, 5.74) is 0.892. The maximum atomic E-state index is 12.0. The summed E-state index contributed by atoms with van der Waals surface area (Å²) < 4.78 is 0. The third kappa shape index (κ3) is 2.81. The van der Waals surface area contributed by atoms with E-state index in [1.165, 1.54) is 0 Å². The molecular weight excluding hydrogens is 274 g/mol. The van der Waals surface area contributed by atoms with Crippen LogP contribution in [-0.2, 0) is 9.59 Å². The molecule has 2 heterocycles. The van der Waals surface area contributed by atoms with Crippen LogP contribution in [0.4, 0.5) is 5.69 Å². The molecule has 3 rings (SSSR count). The van der Waals surface area contributed by atoms with Gasteiger partial charge in [-0.2, -0.15) is 0 Å². The maximum Gasteiger partial charge on any atom is 0.238 e. The Labute approximate surface area is 122 Å². The molecule has 2 atom stereocenters. The monoisotopic (exact) mass is 291 g/mol. The molecular formula is C14H17N3O2S. The lowest BCUT2D eigenvalue weighted by atomic mass is 10.2. The summed E-state index contributed by atoms with van der Waals surface area (Å²) in [6, 6.07) is 9.35. The Morgan fingerprint density at radius 3 is 2.85 bits per heavy atom. The molecule has 20 heavy (non-hydrogen) atoms. The predicted molar refractivity (Wildman–Crippen MR) is 79.6 cm³/mol. The Morgan fingerprint density at radius 2 is 2.15 bits per heavy atom. The van der Waals surface area contributed by atoms with E-state index in [2.05, 4.69) is 10.6 Å². The molecule has 0 aliphatic carbocycles. The topological polar surface area (TPSA) is 61.4 Å². The van der Waals surface area contributed by atoms with Crippen molar-refractivity contribution in [2.75, 3.05) is 23.1 Å². The second kappa shape index (κ2) is 5.85. The molecule has 106 valence electrons. The molecule has 2 fully saturated rings. The third-order valence-corrected chi connectivity index (χ3v) is 4.51. The van der Waals surface area contributed by atoms with Crippen LogP contribution in [0.3, 0.4) is 0 Å². The van der Waals surface area contributed by atoms with Crippen LogP contribution in [0, 0.1) is 0 Å². The fraction of sp³-hybridized carbons (Fsp3) is 0.429. The lowest BCUT2D eigenvalue weighted by molar-refractivity contribution is -0.123. The SMILES string of the molecule is O=C(NC1CC(=O)N(c2ccccc2)C1)C1CSCN1. The average Bonchev–Trinajstić information content (AvgIpc) is 3.09. The zero-order chi connectivity index (χ0) is 13.9. The highest BCUT2D eigenvalue weighted by Crippen LogP contribution is 2.21.